The second-order valence-electron chi connectivity index (χ2n) is 4.74. The van der Waals surface area contributed by atoms with Gasteiger partial charge < -0.3 is 10.1 Å². The van der Waals surface area contributed by atoms with Crippen LogP contribution in [0.4, 0.5) is 10.1 Å². The number of anilines is 1. The molecule has 5 heteroatoms. The summed E-state index contributed by atoms with van der Waals surface area (Å²) < 4.78 is 18.2. The maximum atomic E-state index is 12.8. The zero-order valence-corrected chi connectivity index (χ0v) is 12.0. The van der Waals surface area contributed by atoms with Crippen LogP contribution in [0.25, 0.3) is 0 Å². The quantitative estimate of drug-likeness (QED) is 0.921. The monoisotopic (exact) mass is 298 g/mol. The first-order valence-corrected chi connectivity index (χ1v) is 6.77. The van der Waals surface area contributed by atoms with Gasteiger partial charge in [-0.3, -0.25) is 4.79 Å². The van der Waals surface area contributed by atoms with E-state index >= 15 is 0 Å². The van der Waals surface area contributed by atoms with Crippen LogP contribution in [0.5, 0.6) is 5.75 Å². The topological polar surface area (TPSA) is 62.1 Å². The molecule has 2 aromatic rings. The largest absolute Gasteiger partial charge is 0.481 e. The van der Waals surface area contributed by atoms with E-state index < -0.39 is 6.10 Å². The number of hydrogen-bond donors (Lipinski definition) is 1. The summed E-state index contributed by atoms with van der Waals surface area (Å²) in [6.07, 6.45) is -0.387. The number of halogens is 1. The van der Waals surface area contributed by atoms with Crippen LogP contribution in [0.15, 0.2) is 48.5 Å². The van der Waals surface area contributed by atoms with Gasteiger partial charge in [-0.1, -0.05) is 12.1 Å². The van der Waals surface area contributed by atoms with Crippen molar-refractivity contribution in [3.63, 3.8) is 0 Å². The van der Waals surface area contributed by atoms with E-state index in [2.05, 4.69) is 11.4 Å². The number of carbonyl (C=O) groups is 1. The van der Waals surface area contributed by atoms with E-state index in [-0.39, 0.29) is 11.7 Å². The first-order valence-electron chi connectivity index (χ1n) is 6.77. The van der Waals surface area contributed by atoms with E-state index in [1.165, 1.54) is 24.3 Å². The number of rotatable bonds is 5. The van der Waals surface area contributed by atoms with Crippen molar-refractivity contribution in [1.29, 1.82) is 5.26 Å². The lowest BCUT2D eigenvalue weighted by molar-refractivity contribution is -0.122. The number of hydrogen-bond acceptors (Lipinski definition) is 3. The van der Waals surface area contributed by atoms with Gasteiger partial charge in [-0.15, -0.1) is 0 Å². The average molecular weight is 298 g/mol. The van der Waals surface area contributed by atoms with E-state index in [9.17, 15) is 9.18 Å². The zero-order chi connectivity index (χ0) is 15.9. The number of nitrogens with zero attached hydrogens (tertiary/aromatic N) is 1. The number of amides is 1. The molecule has 2 rings (SSSR count). The molecule has 0 fully saturated rings. The highest BCUT2D eigenvalue weighted by molar-refractivity contribution is 5.94. The molecule has 0 saturated heterocycles. The van der Waals surface area contributed by atoms with Gasteiger partial charge in [0.2, 0.25) is 0 Å². The van der Waals surface area contributed by atoms with Gasteiger partial charge in [-0.2, -0.15) is 5.26 Å². The lowest BCUT2D eigenvalue weighted by Crippen LogP contribution is -2.30. The molecule has 1 N–H and O–H groups in total. The lowest BCUT2D eigenvalue weighted by Gasteiger charge is -2.14. The Hall–Kier alpha value is -2.87. The van der Waals surface area contributed by atoms with Crippen LogP contribution in [0, 0.1) is 17.1 Å². The highest BCUT2D eigenvalue weighted by Gasteiger charge is 2.14. The number of nitriles is 1. The summed E-state index contributed by atoms with van der Waals surface area (Å²) in [7, 11) is 0. The van der Waals surface area contributed by atoms with E-state index in [1.54, 1.807) is 31.2 Å². The first-order chi connectivity index (χ1) is 10.6. The Kier molecular flexibility index (Phi) is 5.10. The second-order valence-corrected chi connectivity index (χ2v) is 4.74. The summed E-state index contributed by atoms with van der Waals surface area (Å²) in [5.41, 5.74) is 1.51. The van der Waals surface area contributed by atoms with Crippen LogP contribution < -0.4 is 10.1 Å². The molecule has 0 aliphatic heterocycles. The van der Waals surface area contributed by atoms with Crippen LogP contribution >= 0.6 is 0 Å². The van der Waals surface area contributed by atoms with Crippen molar-refractivity contribution in [3.8, 4) is 11.8 Å². The summed E-state index contributed by atoms with van der Waals surface area (Å²) in [6.45, 7) is 1.61. The summed E-state index contributed by atoms with van der Waals surface area (Å²) in [5.74, 6) is -0.243. The number of benzene rings is 2. The number of nitrogens with one attached hydrogen (secondary N) is 1. The third kappa shape index (κ3) is 4.32. The zero-order valence-electron chi connectivity index (χ0n) is 12.0. The standard InChI is InChI=1S/C17H15FN2O2/c1-12(22-16-8-4-14(18)5-9-16)17(21)20-15-6-2-13(3-7-15)10-11-19/h2-9,12H,10H2,1H3,(H,20,21)/t12-/m1/s1. The maximum absolute atomic E-state index is 12.8. The predicted molar refractivity (Wildman–Crippen MR) is 80.9 cm³/mol. The Morgan fingerprint density at radius 3 is 2.45 bits per heavy atom. The Labute approximate surface area is 128 Å². The van der Waals surface area contributed by atoms with E-state index in [4.69, 9.17) is 10.00 Å². The number of carbonyl (C=O) groups excluding carboxylic acids is 1. The Bertz CT molecular complexity index is 675. The minimum atomic E-state index is -0.718. The summed E-state index contributed by atoms with van der Waals surface area (Å²) in [6, 6.07) is 14.6. The predicted octanol–water partition coefficient (Wildman–Crippen LogP) is 3.30. The fourth-order valence-corrected chi connectivity index (χ4v) is 1.81. The van der Waals surface area contributed by atoms with Crippen LogP contribution in [0.3, 0.4) is 0 Å². The van der Waals surface area contributed by atoms with Crippen molar-refractivity contribution in [3.05, 3.63) is 59.9 Å². The lowest BCUT2D eigenvalue weighted by atomic mass is 10.1. The van der Waals surface area contributed by atoms with Gasteiger partial charge in [0.1, 0.15) is 11.6 Å². The molecular weight excluding hydrogens is 283 g/mol. The maximum Gasteiger partial charge on any atom is 0.265 e. The van der Waals surface area contributed by atoms with E-state index in [0.29, 0.717) is 17.9 Å². The molecule has 0 aliphatic rings. The molecule has 0 heterocycles. The van der Waals surface area contributed by atoms with Crippen molar-refractivity contribution >= 4 is 11.6 Å². The minimum absolute atomic E-state index is 0.308. The van der Waals surface area contributed by atoms with Crippen LogP contribution in [-0.4, -0.2) is 12.0 Å². The number of ether oxygens (including phenoxy) is 1. The highest BCUT2D eigenvalue weighted by atomic mass is 19.1. The van der Waals surface area contributed by atoms with Crippen LogP contribution in [-0.2, 0) is 11.2 Å². The molecule has 22 heavy (non-hydrogen) atoms. The fourth-order valence-electron chi connectivity index (χ4n) is 1.81. The van der Waals surface area contributed by atoms with Crippen molar-refractivity contribution in [2.75, 3.05) is 5.32 Å². The molecule has 1 atom stereocenters. The molecule has 4 nitrogen and oxygen atoms in total. The van der Waals surface area contributed by atoms with Crippen molar-refractivity contribution in [1.82, 2.24) is 0 Å². The van der Waals surface area contributed by atoms with Crippen molar-refractivity contribution < 1.29 is 13.9 Å². The third-order valence-corrected chi connectivity index (χ3v) is 3.00. The Morgan fingerprint density at radius 1 is 1.23 bits per heavy atom. The van der Waals surface area contributed by atoms with Gasteiger partial charge in [0.05, 0.1) is 12.5 Å². The van der Waals surface area contributed by atoms with Gasteiger partial charge in [0, 0.05) is 5.69 Å². The highest BCUT2D eigenvalue weighted by Crippen LogP contribution is 2.15. The first kappa shape index (κ1) is 15.5. The summed E-state index contributed by atoms with van der Waals surface area (Å²) in [4.78, 5) is 12.0. The molecule has 112 valence electrons. The molecular formula is C17H15FN2O2. The molecule has 0 bridgehead atoms. The van der Waals surface area contributed by atoms with Gasteiger partial charge in [-0.05, 0) is 48.9 Å². The van der Waals surface area contributed by atoms with Crippen molar-refractivity contribution in [2.45, 2.75) is 19.4 Å². The molecule has 0 spiro atoms. The van der Waals surface area contributed by atoms with Gasteiger partial charge in [0.15, 0.2) is 6.10 Å². The SMILES string of the molecule is C[C@@H](Oc1ccc(F)cc1)C(=O)Nc1ccc(CC#N)cc1. The summed E-state index contributed by atoms with van der Waals surface area (Å²) in [5, 5.41) is 11.3. The molecule has 0 aromatic heterocycles. The Morgan fingerprint density at radius 2 is 1.86 bits per heavy atom. The normalized spacial score (nSPS) is 11.3. The molecule has 0 aliphatic carbocycles. The second kappa shape index (κ2) is 7.23. The molecule has 0 saturated carbocycles. The van der Waals surface area contributed by atoms with Crippen molar-refractivity contribution in [2.24, 2.45) is 0 Å². The fraction of sp³-hybridized carbons (Fsp3) is 0.176. The molecule has 2 aromatic carbocycles. The van der Waals surface area contributed by atoms with Crippen LogP contribution in [0.2, 0.25) is 0 Å². The van der Waals surface area contributed by atoms with Gasteiger partial charge in [0.25, 0.3) is 5.91 Å². The summed E-state index contributed by atoms with van der Waals surface area (Å²) >= 11 is 0. The molecule has 1 amide bonds. The average Bonchev–Trinajstić information content (AvgIpc) is 2.51. The third-order valence-electron chi connectivity index (χ3n) is 3.00. The minimum Gasteiger partial charge on any atom is -0.481 e. The van der Waals surface area contributed by atoms with E-state index in [1.807, 2.05) is 0 Å². The van der Waals surface area contributed by atoms with Crippen LogP contribution in [0.1, 0.15) is 12.5 Å². The molecule has 0 unspecified atom stereocenters. The smallest absolute Gasteiger partial charge is 0.265 e. The van der Waals surface area contributed by atoms with E-state index in [0.717, 1.165) is 5.56 Å². The molecule has 0 radical (unpaired) electrons. The van der Waals surface area contributed by atoms with Gasteiger partial charge in [-0.25, -0.2) is 4.39 Å². The Balaban J connectivity index is 1.93. The van der Waals surface area contributed by atoms with Gasteiger partial charge >= 0.3 is 0 Å².